The van der Waals surface area contributed by atoms with Crippen LogP contribution in [0.2, 0.25) is 0 Å². The van der Waals surface area contributed by atoms with Gasteiger partial charge in [0.2, 0.25) is 0 Å². The molecule has 0 aliphatic carbocycles. The summed E-state index contributed by atoms with van der Waals surface area (Å²) in [5.41, 5.74) is 0. The first-order valence-corrected chi connectivity index (χ1v) is 2.68. The van der Waals surface area contributed by atoms with Crippen molar-refractivity contribution in [2.75, 3.05) is 0 Å². The van der Waals surface area contributed by atoms with Crippen LogP contribution in [0.3, 0.4) is 0 Å². The SMILES string of the molecule is O[Si](O)(O)O.[Ca+2].[Eu].[H-].[H-].[H-].[Na+]. The molecule has 0 fully saturated rings. The van der Waals surface area contributed by atoms with Crippen LogP contribution in [-0.4, -0.2) is 66.0 Å². The summed E-state index contributed by atoms with van der Waals surface area (Å²) in [7, 11) is -4.61. The normalized spacial score (nSPS) is 7.50. The Labute approximate surface area is 145 Å². The number of rotatable bonds is 0. The van der Waals surface area contributed by atoms with Crippen LogP contribution < -0.4 is 29.6 Å². The molecule has 0 aromatic heterocycles. The summed E-state index contributed by atoms with van der Waals surface area (Å²) in [5, 5.41) is 0. The molecule has 0 saturated heterocycles. The third-order valence-electron chi connectivity index (χ3n) is 0. The van der Waals surface area contributed by atoms with Gasteiger partial charge in [-0.05, 0) is 0 Å². The fraction of sp³-hybridized carbons (Fsp3) is 0. The zero-order chi connectivity index (χ0) is 4.50. The van der Waals surface area contributed by atoms with Crippen molar-refractivity contribution in [2.24, 2.45) is 0 Å². The van der Waals surface area contributed by atoms with Gasteiger partial charge in [-0.25, -0.2) is 0 Å². The largest absolute Gasteiger partial charge is 2.00 e. The van der Waals surface area contributed by atoms with Crippen LogP contribution >= 0.6 is 0 Å². The first kappa shape index (κ1) is 22.7. The molecule has 0 atom stereocenters. The van der Waals surface area contributed by atoms with E-state index in [4.69, 9.17) is 19.2 Å². The molecular weight excluding hydrogens is 307 g/mol. The van der Waals surface area contributed by atoms with Gasteiger partial charge in [-0.1, -0.05) is 0 Å². The predicted molar refractivity (Wildman–Crippen MR) is 23.7 cm³/mol. The van der Waals surface area contributed by atoms with Crippen molar-refractivity contribution in [3.05, 3.63) is 0 Å². The summed E-state index contributed by atoms with van der Waals surface area (Å²) < 4.78 is 0. The van der Waals surface area contributed by atoms with E-state index in [9.17, 15) is 0 Å². The van der Waals surface area contributed by atoms with Gasteiger partial charge in [0.05, 0.1) is 0 Å². The molecular formula is H7CaEuNaO4Si. The third-order valence-corrected chi connectivity index (χ3v) is 0. The maximum atomic E-state index is 7.33. The smallest absolute Gasteiger partial charge is 1.00 e. The van der Waals surface area contributed by atoms with Crippen LogP contribution in [-0.2, 0) is 0 Å². The van der Waals surface area contributed by atoms with Gasteiger partial charge < -0.3 is 23.5 Å². The molecule has 45 valence electrons. The average molecular weight is 314 g/mol. The monoisotopic (exact) mass is 315 g/mol. The Bertz CT molecular complexity index is 40.8. The van der Waals surface area contributed by atoms with E-state index in [0.717, 1.165) is 0 Å². The standard InChI is InChI=1S/Ca.Eu.Na.H4O4Si.3H/c;;;1-5(2,3)4;;;/h;;;1-4H;;;/q+2;;+1;;3*-1. The Morgan fingerprint density at radius 1 is 1.00 bits per heavy atom. The molecule has 0 saturated carbocycles. The molecule has 0 aromatic rings. The first-order chi connectivity index (χ1) is 2.00. The molecule has 0 heterocycles. The zero-order valence-electron chi connectivity index (χ0n) is 7.37. The summed E-state index contributed by atoms with van der Waals surface area (Å²) >= 11 is 0. The summed E-state index contributed by atoms with van der Waals surface area (Å²) in [6, 6.07) is 0. The van der Waals surface area contributed by atoms with Crippen molar-refractivity contribution in [3.63, 3.8) is 0 Å². The maximum Gasteiger partial charge on any atom is 2.00 e. The Morgan fingerprint density at radius 3 is 1.00 bits per heavy atom. The van der Waals surface area contributed by atoms with Gasteiger partial charge in [0, 0.05) is 49.4 Å². The van der Waals surface area contributed by atoms with E-state index in [1.165, 1.54) is 0 Å². The van der Waals surface area contributed by atoms with Crippen molar-refractivity contribution in [1.29, 1.82) is 0 Å². The van der Waals surface area contributed by atoms with Crippen LogP contribution in [0.25, 0.3) is 0 Å². The van der Waals surface area contributed by atoms with E-state index in [-0.39, 0.29) is 121 Å². The third kappa shape index (κ3) is 51.5. The molecule has 1 radical (unpaired) electrons. The number of hydrogen-bond donors (Lipinski definition) is 4. The van der Waals surface area contributed by atoms with Crippen LogP contribution in [0.4, 0.5) is 0 Å². The molecule has 8 heavy (non-hydrogen) atoms. The van der Waals surface area contributed by atoms with E-state index in [2.05, 4.69) is 0 Å². The second-order valence-corrected chi connectivity index (χ2v) is 1.80. The van der Waals surface area contributed by atoms with Crippen molar-refractivity contribution >= 4 is 46.8 Å². The molecule has 0 rings (SSSR count). The van der Waals surface area contributed by atoms with Gasteiger partial charge in [-0.2, -0.15) is 0 Å². The topological polar surface area (TPSA) is 80.9 Å². The predicted octanol–water partition coefficient (Wildman–Crippen LogP) is -5.65. The van der Waals surface area contributed by atoms with Crippen molar-refractivity contribution in [2.45, 2.75) is 0 Å². The van der Waals surface area contributed by atoms with Gasteiger partial charge in [0.1, 0.15) is 0 Å². The fourth-order valence-corrected chi connectivity index (χ4v) is 0. The molecule has 0 bridgehead atoms. The van der Waals surface area contributed by atoms with E-state index in [1.54, 1.807) is 0 Å². The van der Waals surface area contributed by atoms with Gasteiger partial charge in [-0.3, -0.25) is 0 Å². The summed E-state index contributed by atoms with van der Waals surface area (Å²) in [5.74, 6) is 0. The fourth-order valence-electron chi connectivity index (χ4n) is 0. The van der Waals surface area contributed by atoms with E-state index >= 15 is 0 Å². The van der Waals surface area contributed by atoms with Gasteiger partial charge >= 0.3 is 76.3 Å². The minimum absolute atomic E-state index is 0. The van der Waals surface area contributed by atoms with Crippen LogP contribution in [0.1, 0.15) is 4.28 Å². The molecule has 0 spiro atoms. The zero-order valence-corrected chi connectivity index (χ0v) is 12.0. The quantitative estimate of drug-likeness (QED) is 0.336. The van der Waals surface area contributed by atoms with Crippen molar-refractivity contribution in [1.82, 2.24) is 0 Å². The van der Waals surface area contributed by atoms with E-state index in [1.807, 2.05) is 0 Å². The minimum atomic E-state index is -4.61. The Kier molecular flexibility index (Phi) is 30.9. The number of hydrogen-bond acceptors (Lipinski definition) is 4. The minimum Gasteiger partial charge on any atom is -1.00 e. The Balaban J connectivity index is -0.00000000533. The summed E-state index contributed by atoms with van der Waals surface area (Å²) in [6.07, 6.45) is 0. The van der Waals surface area contributed by atoms with Crippen LogP contribution in [0.15, 0.2) is 0 Å². The molecule has 0 unspecified atom stereocenters. The Morgan fingerprint density at radius 2 is 1.00 bits per heavy atom. The summed E-state index contributed by atoms with van der Waals surface area (Å²) in [6.45, 7) is 0. The maximum absolute atomic E-state index is 7.33. The second-order valence-electron chi connectivity index (χ2n) is 0.600. The van der Waals surface area contributed by atoms with Gasteiger partial charge in [0.15, 0.2) is 0 Å². The molecule has 0 aliphatic heterocycles. The average Bonchev–Trinajstić information content (AvgIpc) is 0.722. The van der Waals surface area contributed by atoms with Crippen molar-refractivity contribution < 1.29 is 102 Å². The summed E-state index contributed by atoms with van der Waals surface area (Å²) in [4.78, 5) is 29.3. The second kappa shape index (κ2) is 10.9. The molecule has 8 heteroatoms. The molecule has 4 N–H and O–H groups in total. The molecule has 0 amide bonds. The van der Waals surface area contributed by atoms with Gasteiger partial charge in [0.25, 0.3) is 0 Å². The molecule has 0 aliphatic rings. The van der Waals surface area contributed by atoms with Crippen LogP contribution in [0, 0.1) is 49.4 Å². The van der Waals surface area contributed by atoms with E-state index < -0.39 is 9.05 Å². The van der Waals surface area contributed by atoms with Crippen molar-refractivity contribution in [3.8, 4) is 0 Å². The van der Waals surface area contributed by atoms with E-state index in [0.29, 0.717) is 0 Å². The van der Waals surface area contributed by atoms with Gasteiger partial charge in [-0.15, -0.1) is 0 Å². The molecule has 0 aromatic carbocycles. The van der Waals surface area contributed by atoms with Crippen LogP contribution in [0.5, 0.6) is 0 Å². The first-order valence-electron chi connectivity index (χ1n) is 0.894. The molecule has 4 nitrogen and oxygen atoms in total. The Hall–Kier alpha value is 3.90.